The minimum absolute atomic E-state index is 0.0639. The Bertz CT molecular complexity index is 930. The molecule has 3 N–H and O–H groups in total. The van der Waals surface area contributed by atoms with Crippen LogP contribution < -0.4 is 5.32 Å². The summed E-state index contributed by atoms with van der Waals surface area (Å²) in [6, 6.07) is -0.705. The number of allylic oxidation sites excluding steroid dienone is 6. The maximum Gasteiger partial charge on any atom is 0.306 e. The number of amides is 1. The maximum atomic E-state index is 13.1. The van der Waals surface area contributed by atoms with Crippen LogP contribution in [-0.4, -0.2) is 46.9 Å². The Labute approximate surface area is 347 Å². The lowest BCUT2D eigenvalue weighted by Gasteiger charge is -2.24. The number of nitrogens with one attached hydrogen (secondary N) is 1. The van der Waals surface area contributed by atoms with Crippen molar-refractivity contribution in [1.82, 2.24) is 5.32 Å². The standard InChI is InChI=1S/C50H93NO5/c1-4-7-10-13-16-19-21-23-24-26-28-31-34-37-40-43-50(55)56-46(41-38-35-32-30-27-25-22-20-17-14-11-8-5-2)44-49(54)51-47(45-52)48(53)42-39-36-33-29-18-15-12-9-6-3/h17,19-22,25,46-48,52-53H,4-16,18,23-24,26-45H2,1-3H3,(H,51,54)/b20-17+,21-19-,25-22+. The van der Waals surface area contributed by atoms with E-state index in [2.05, 4.69) is 62.5 Å². The molecule has 0 saturated heterocycles. The molecule has 0 radical (unpaired) electrons. The van der Waals surface area contributed by atoms with E-state index in [1.165, 1.54) is 122 Å². The topological polar surface area (TPSA) is 95.9 Å². The quantitative estimate of drug-likeness (QED) is 0.0247. The number of aliphatic hydroxyl groups is 2. The minimum atomic E-state index is -0.790. The summed E-state index contributed by atoms with van der Waals surface area (Å²) in [5.74, 6) is -0.496. The lowest BCUT2D eigenvalue weighted by molar-refractivity contribution is -0.151. The van der Waals surface area contributed by atoms with Crippen molar-refractivity contribution < 1.29 is 24.5 Å². The van der Waals surface area contributed by atoms with Gasteiger partial charge in [0.1, 0.15) is 6.10 Å². The number of aliphatic hydroxyl groups excluding tert-OH is 2. The Hall–Kier alpha value is -1.92. The molecule has 0 heterocycles. The van der Waals surface area contributed by atoms with Crippen molar-refractivity contribution in [3.05, 3.63) is 36.5 Å². The van der Waals surface area contributed by atoms with Crippen molar-refractivity contribution in [3.63, 3.8) is 0 Å². The summed E-state index contributed by atoms with van der Waals surface area (Å²) < 4.78 is 5.91. The normalized spacial score (nSPS) is 13.6. The number of carbonyl (C=O) groups excluding carboxylic acids is 2. The number of unbranched alkanes of at least 4 members (excludes halogenated alkanes) is 26. The van der Waals surface area contributed by atoms with Crippen molar-refractivity contribution >= 4 is 11.9 Å². The van der Waals surface area contributed by atoms with E-state index in [1.807, 2.05) is 0 Å². The second-order valence-electron chi connectivity index (χ2n) is 16.5. The van der Waals surface area contributed by atoms with Gasteiger partial charge >= 0.3 is 5.97 Å². The lowest BCUT2D eigenvalue weighted by Crippen LogP contribution is -2.46. The second kappa shape index (κ2) is 44.2. The van der Waals surface area contributed by atoms with Crippen LogP contribution in [0, 0.1) is 0 Å². The molecule has 3 unspecified atom stereocenters. The van der Waals surface area contributed by atoms with Gasteiger partial charge in [-0.3, -0.25) is 9.59 Å². The zero-order valence-electron chi connectivity index (χ0n) is 37.3. The number of ether oxygens (including phenoxy) is 1. The van der Waals surface area contributed by atoms with E-state index in [-0.39, 0.29) is 24.9 Å². The summed E-state index contributed by atoms with van der Waals surface area (Å²) in [7, 11) is 0. The average Bonchev–Trinajstić information content (AvgIpc) is 3.19. The van der Waals surface area contributed by atoms with E-state index in [9.17, 15) is 19.8 Å². The van der Waals surface area contributed by atoms with Crippen LogP contribution in [0.25, 0.3) is 0 Å². The first-order chi connectivity index (χ1) is 27.5. The van der Waals surface area contributed by atoms with Gasteiger partial charge in [0, 0.05) is 6.42 Å². The highest BCUT2D eigenvalue weighted by molar-refractivity contribution is 5.77. The lowest BCUT2D eigenvalue weighted by atomic mass is 10.0. The molecule has 56 heavy (non-hydrogen) atoms. The second-order valence-corrected chi connectivity index (χ2v) is 16.5. The zero-order chi connectivity index (χ0) is 41.0. The molecule has 0 aromatic heterocycles. The van der Waals surface area contributed by atoms with Gasteiger partial charge in [-0.1, -0.05) is 192 Å². The predicted molar refractivity (Wildman–Crippen MR) is 241 cm³/mol. The fourth-order valence-electron chi connectivity index (χ4n) is 7.24. The third kappa shape index (κ3) is 38.9. The van der Waals surface area contributed by atoms with E-state index in [0.29, 0.717) is 19.3 Å². The molecule has 0 aliphatic carbocycles. The van der Waals surface area contributed by atoms with Crippen molar-refractivity contribution in [2.24, 2.45) is 0 Å². The first-order valence-electron chi connectivity index (χ1n) is 24.2. The fraction of sp³-hybridized carbons (Fsp3) is 0.840. The number of hydrogen-bond donors (Lipinski definition) is 3. The van der Waals surface area contributed by atoms with Crippen LogP contribution in [0.3, 0.4) is 0 Å². The predicted octanol–water partition coefficient (Wildman–Crippen LogP) is 14.1. The average molecular weight is 788 g/mol. The first kappa shape index (κ1) is 54.1. The highest BCUT2D eigenvalue weighted by atomic mass is 16.5. The molecule has 6 heteroatoms. The molecule has 1 amide bonds. The van der Waals surface area contributed by atoms with Crippen LogP contribution in [0.4, 0.5) is 0 Å². The van der Waals surface area contributed by atoms with Crippen LogP contribution in [0.15, 0.2) is 36.5 Å². The Morgan fingerprint density at radius 1 is 0.518 bits per heavy atom. The van der Waals surface area contributed by atoms with Crippen LogP contribution >= 0.6 is 0 Å². The highest BCUT2D eigenvalue weighted by Crippen LogP contribution is 2.17. The summed E-state index contributed by atoms with van der Waals surface area (Å²) in [5, 5.41) is 23.6. The van der Waals surface area contributed by atoms with Gasteiger partial charge < -0.3 is 20.3 Å². The van der Waals surface area contributed by atoms with Crippen LogP contribution in [0.1, 0.15) is 245 Å². The van der Waals surface area contributed by atoms with E-state index < -0.39 is 18.2 Å². The van der Waals surface area contributed by atoms with Crippen molar-refractivity contribution in [3.8, 4) is 0 Å². The van der Waals surface area contributed by atoms with Crippen LogP contribution in [-0.2, 0) is 14.3 Å². The summed E-state index contributed by atoms with van der Waals surface area (Å²) in [5.41, 5.74) is 0. The van der Waals surface area contributed by atoms with E-state index >= 15 is 0 Å². The van der Waals surface area contributed by atoms with Gasteiger partial charge in [-0.15, -0.1) is 0 Å². The molecule has 0 fully saturated rings. The van der Waals surface area contributed by atoms with Crippen LogP contribution in [0.5, 0.6) is 0 Å². The molecule has 0 aliphatic rings. The summed E-state index contributed by atoms with van der Waals surface area (Å²) in [6.07, 6.45) is 50.6. The van der Waals surface area contributed by atoms with Gasteiger partial charge in [0.25, 0.3) is 0 Å². The van der Waals surface area contributed by atoms with Crippen molar-refractivity contribution in [2.45, 2.75) is 264 Å². The SMILES string of the molecule is CCCCC/C=C/C=C/CCCCCCC(CC(=O)NC(CO)C(O)CCCCCCCCCCC)OC(=O)CCCCCCCCC/C=C\CCCCCC. The molecular formula is C50H93NO5. The molecule has 0 saturated carbocycles. The number of esters is 1. The minimum Gasteiger partial charge on any atom is -0.462 e. The van der Waals surface area contributed by atoms with Gasteiger partial charge in [-0.2, -0.15) is 0 Å². The maximum absolute atomic E-state index is 13.1. The highest BCUT2D eigenvalue weighted by Gasteiger charge is 2.24. The van der Waals surface area contributed by atoms with E-state index in [4.69, 9.17) is 4.74 Å². The Morgan fingerprint density at radius 3 is 1.43 bits per heavy atom. The summed E-state index contributed by atoms with van der Waals surface area (Å²) in [6.45, 7) is 6.41. The number of hydrogen-bond acceptors (Lipinski definition) is 5. The van der Waals surface area contributed by atoms with Crippen LogP contribution in [0.2, 0.25) is 0 Å². The molecule has 6 nitrogen and oxygen atoms in total. The Morgan fingerprint density at radius 2 is 0.911 bits per heavy atom. The number of rotatable bonds is 43. The van der Waals surface area contributed by atoms with E-state index in [0.717, 1.165) is 77.0 Å². The van der Waals surface area contributed by atoms with Crippen molar-refractivity contribution in [2.75, 3.05) is 6.61 Å². The summed E-state index contributed by atoms with van der Waals surface area (Å²) in [4.78, 5) is 26.0. The fourth-order valence-corrected chi connectivity index (χ4v) is 7.24. The number of carbonyl (C=O) groups is 2. The Kier molecular flexibility index (Phi) is 42.7. The molecule has 0 aliphatic heterocycles. The smallest absolute Gasteiger partial charge is 0.306 e. The van der Waals surface area contributed by atoms with Gasteiger partial charge in [-0.25, -0.2) is 0 Å². The molecular weight excluding hydrogens is 695 g/mol. The largest absolute Gasteiger partial charge is 0.462 e. The monoisotopic (exact) mass is 788 g/mol. The summed E-state index contributed by atoms with van der Waals surface area (Å²) >= 11 is 0. The van der Waals surface area contributed by atoms with E-state index in [1.54, 1.807) is 0 Å². The van der Waals surface area contributed by atoms with Gasteiger partial charge in [0.15, 0.2) is 0 Å². The van der Waals surface area contributed by atoms with Crippen molar-refractivity contribution in [1.29, 1.82) is 0 Å². The first-order valence-corrected chi connectivity index (χ1v) is 24.2. The molecule has 328 valence electrons. The molecule has 3 atom stereocenters. The molecule has 0 rings (SSSR count). The Balaban J connectivity index is 4.61. The van der Waals surface area contributed by atoms with Gasteiger partial charge in [-0.05, 0) is 77.0 Å². The molecule has 0 spiro atoms. The third-order valence-corrected chi connectivity index (χ3v) is 11.0. The van der Waals surface area contributed by atoms with Gasteiger partial charge in [0.05, 0.1) is 25.2 Å². The molecule has 0 aromatic rings. The zero-order valence-corrected chi connectivity index (χ0v) is 37.3. The third-order valence-electron chi connectivity index (χ3n) is 11.0. The van der Waals surface area contributed by atoms with Gasteiger partial charge in [0.2, 0.25) is 5.91 Å². The molecule has 0 aromatic carbocycles. The molecule has 0 bridgehead atoms.